The number of rotatable bonds is 4. The zero-order chi connectivity index (χ0) is 16.9. The highest BCUT2D eigenvalue weighted by atomic mass is 79.9. The number of ether oxygens (including phenoxy) is 1. The number of benzene rings is 1. The molecule has 0 bridgehead atoms. The summed E-state index contributed by atoms with van der Waals surface area (Å²) in [4.78, 5) is 19.5. The summed E-state index contributed by atoms with van der Waals surface area (Å²) in [6.45, 7) is 5.20. The van der Waals surface area contributed by atoms with E-state index in [1.54, 1.807) is 0 Å². The first-order chi connectivity index (χ1) is 11.6. The van der Waals surface area contributed by atoms with Gasteiger partial charge in [-0.05, 0) is 40.5 Å². The summed E-state index contributed by atoms with van der Waals surface area (Å²) >= 11 is 3.47. The lowest BCUT2D eigenvalue weighted by Gasteiger charge is -2.35. The smallest absolute Gasteiger partial charge is 0.260 e. The molecule has 2 heterocycles. The molecule has 5 nitrogen and oxygen atoms in total. The molecule has 24 heavy (non-hydrogen) atoms. The van der Waals surface area contributed by atoms with Crippen LogP contribution in [0.4, 0.5) is 5.69 Å². The Morgan fingerprint density at radius 1 is 1.17 bits per heavy atom. The maximum Gasteiger partial charge on any atom is 0.260 e. The summed E-state index contributed by atoms with van der Waals surface area (Å²) in [6.07, 6.45) is 3.83. The van der Waals surface area contributed by atoms with Crippen molar-refractivity contribution in [1.82, 2.24) is 4.90 Å². The number of nitrogens with one attached hydrogen (secondary N) is 1. The number of anilines is 1. The van der Waals surface area contributed by atoms with Crippen LogP contribution in [0.1, 0.15) is 5.56 Å². The molecule has 3 rings (SSSR count). The van der Waals surface area contributed by atoms with E-state index in [1.165, 1.54) is 5.69 Å². The van der Waals surface area contributed by atoms with E-state index in [9.17, 15) is 4.79 Å². The van der Waals surface area contributed by atoms with Gasteiger partial charge in [-0.3, -0.25) is 4.79 Å². The fraction of sp³-hybridized carbons (Fsp3) is 0.333. The third-order valence-electron chi connectivity index (χ3n) is 4.14. The second-order valence-electron chi connectivity index (χ2n) is 5.85. The Balaban J connectivity index is 1.50. The van der Waals surface area contributed by atoms with Crippen LogP contribution in [0.25, 0.3) is 0 Å². The van der Waals surface area contributed by atoms with Crippen LogP contribution in [-0.2, 0) is 4.79 Å². The number of pyridine rings is 1. The van der Waals surface area contributed by atoms with E-state index in [1.807, 2.05) is 42.4 Å². The molecular formula is C18H21BrN3O2+. The zero-order valence-electron chi connectivity index (χ0n) is 13.7. The number of nitrogens with zero attached hydrogens (tertiary/aromatic N) is 2. The average Bonchev–Trinajstić information content (AvgIpc) is 2.62. The number of hydrogen-bond donors (Lipinski definition) is 0. The molecule has 2 aromatic rings. The lowest BCUT2D eigenvalue weighted by atomic mass is 10.2. The fourth-order valence-corrected chi connectivity index (χ4v) is 3.36. The Morgan fingerprint density at radius 3 is 2.54 bits per heavy atom. The van der Waals surface area contributed by atoms with Gasteiger partial charge in [0, 0.05) is 44.0 Å². The number of aryl methyl sites for hydroxylation is 1. The number of halogens is 1. The van der Waals surface area contributed by atoms with Crippen LogP contribution in [0.2, 0.25) is 0 Å². The SMILES string of the molecule is Cc1ccc(OCC(=O)N2CCN(c3cc[nH+]cc3)CC2)c(Br)c1. The summed E-state index contributed by atoms with van der Waals surface area (Å²) in [5.74, 6) is 0.733. The number of H-pyrrole nitrogens is 1. The van der Waals surface area contributed by atoms with Gasteiger partial charge < -0.3 is 14.5 Å². The van der Waals surface area contributed by atoms with E-state index in [2.05, 4.69) is 37.9 Å². The van der Waals surface area contributed by atoms with Crippen molar-refractivity contribution in [1.29, 1.82) is 0 Å². The van der Waals surface area contributed by atoms with Crippen molar-refractivity contribution in [3.8, 4) is 5.75 Å². The normalized spacial score (nSPS) is 14.6. The van der Waals surface area contributed by atoms with E-state index >= 15 is 0 Å². The third kappa shape index (κ3) is 4.06. The molecule has 126 valence electrons. The van der Waals surface area contributed by atoms with Gasteiger partial charge in [0.05, 0.1) is 4.47 Å². The van der Waals surface area contributed by atoms with Gasteiger partial charge in [0.1, 0.15) is 5.75 Å². The van der Waals surface area contributed by atoms with Gasteiger partial charge in [0.2, 0.25) is 0 Å². The van der Waals surface area contributed by atoms with E-state index in [0.29, 0.717) is 5.75 Å². The summed E-state index contributed by atoms with van der Waals surface area (Å²) in [6, 6.07) is 9.94. The third-order valence-corrected chi connectivity index (χ3v) is 4.76. The highest BCUT2D eigenvalue weighted by Gasteiger charge is 2.22. The molecule has 6 heteroatoms. The van der Waals surface area contributed by atoms with Crippen LogP contribution < -0.4 is 14.6 Å². The van der Waals surface area contributed by atoms with Crippen molar-refractivity contribution in [2.24, 2.45) is 0 Å². The first-order valence-electron chi connectivity index (χ1n) is 8.01. The van der Waals surface area contributed by atoms with E-state index < -0.39 is 0 Å². The fourth-order valence-electron chi connectivity index (χ4n) is 2.76. The summed E-state index contributed by atoms with van der Waals surface area (Å²) < 4.78 is 6.54. The first kappa shape index (κ1) is 16.8. The van der Waals surface area contributed by atoms with Crippen molar-refractivity contribution in [2.75, 3.05) is 37.7 Å². The van der Waals surface area contributed by atoms with E-state index in [-0.39, 0.29) is 12.5 Å². The van der Waals surface area contributed by atoms with Gasteiger partial charge in [-0.25, -0.2) is 4.98 Å². The Hall–Kier alpha value is -2.08. The topological polar surface area (TPSA) is 46.9 Å². The van der Waals surface area contributed by atoms with Crippen molar-refractivity contribution >= 4 is 27.5 Å². The summed E-state index contributed by atoms with van der Waals surface area (Å²) in [5, 5.41) is 0. The number of aromatic nitrogens is 1. The number of amides is 1. The molecule has 0 aliphatic carbocycles. The van der Waals surface area contributed by atoms with Crippen LogP contribution in [0.5, 0.6) is 5.75 Å². The Morgan fingerprint density at radius 2 is 1.88 bits per heavy atom. The van der Waals surface area contributed by atoms with Crippen LogP contribution in [-0.4, -0.2) is 43.6 Å². The Bertz CT molecular complexity index is 701. The lowest BCUT2D eigenvalue weighted by molar-refractivity contribution is -0.377. The highest BCUT2D eigenvalue weighted by Crippen LogP contribution is 2.25. The molecule has 1 N–H and O–H groups in total. The Labute approximate surface area is 150 Å². The van der Waals surface area contributed by atoms with Gasteiger partial charge in [0.15, 0.2) is 19.0 Å². The molecule has 1 saturated heterocycles. The van der Waals surface area contributed by atoms with Crippen LogP contribution in [0, 0.1) is 6.92 Å². The molecule has 0 unspecified atom stereocenters. The maximum atomic E-state index is 12.4. The molecule has 0 spiro atoms. The van der Waals surface area contributed by atoms with Gasteiger partial charge in [0.25, 0.3) is 5.91 Å². The van der Waals surface area contributed by atoms with Gasteiger partial charge in [-0.2, -0.15) is 0 Å². The number of piperazine rings is 1. The minimum Gasteiger partial charge on any atom is -0.483 e. The summed E-state index contributed by atoms with van der Waals surface area (Å²) in [5.41, 5.74) is 2.33. The van der Waals surface area contributed by atoms with Crippen LogP contribution >= 0.6 is 15.9 Å². The lowest BCUT2D eigenvalue weighted by Crippen LogP contribution is -2.50. The summed E-state index contributed by atoms with van der Waals surface area (Å²) in [7, 11) is 0. The minimum absolute atomic E-state index is 0.0310. The number of aromatic amines is 1. The minimum atomic E-state index is 0.0310. The van der Waals surface area contributed by atoms with Crippen molar-refractivity contribution in [3.05, 3.63) is 52.8 Å². The Kier molecular flexibility index (Phi) is 5.35. The first-order valence-corrected chi connectivity index (χ1v) is 8.80. The van der Waals surface area contributed by atoms with Crippen LogP contribution in [0.15, 0.2) is 47.2 Å². The molecule has 1 amide bonds. The van der Waals surface area contributed by atoms with Crippen molar-refractivity contribution in [2.45, 2.75) is 6.92 Å². The average molecular weight is 391 g/mol. The second kappa shape index (κ2) is 7.66. The predicted octanol–water partition coefficient (Wildman–Crippen LogP) is 2.30. The number of carbonyl (C=O) groups is 1. The number of hydrogen-bond acceptors (Lipinski definition) is 3. The quantitative estimate of drug-likeness (QED) is 0.804. The van der Waals surface area contributed by atoms with Crippen molar-refractivity contribution in [3.63, 3.8) is 0 Å². The highest BCUT2D eigenvalue weighted by molar-refractivity contribution is 9.10. The zero-order valence-corrected chi connectivity index (χ0v) is 15.3. The van der Waals surface area contributed by atoms with Crippen molar-refractivity contribution < 1.29 is 14.5 Å². The molecule has 1 fully saturated rings. The van der Waals surface area contributed by atoms with E-state index in [4.69, 9.17) is 4.74 Å². The predicted molar refractivity (Wildman–Crippen MR) is 96.2 cm³/mol. The largest absolute Gasteiger partial charge is 0.483 e. The van der Waals surface area contributed by atoms with Crippen LogP contribution in [0.3, 0.4) is 0 Å². The van der Waals surface area contributed by atoms with Gasteiger partial charge in [-0.1, -0.05) is 6.07 Å². The molecule has 1 aromatic heterocycles. The molecule has 1 aromatic carbocycles. The molecular weight excluding hydrogens is 370 g/mol. The molecule has 1 aliphatic rings. The molecule has 0 atom stereocenters. The monoisotopic (exact) mass is 390 g/mol. The molecule has 0 saturated carbocycles. The van der Waals surface area contributed by atoms with Gasteiger partial charge >= 0.3 is 0 Å². The standard InChI is InChI=1S/C18H20BrN3O2/c1-14-2-3-17(16(19)12-14)24-13-18(23)22-10-8-21(9-11-22)15-4-6-20-7-5-15/h2-7,12H,8-11,13H2,1H3/p+1. The maximum absolute atomic E-state index is 12.4. The second-order valence-corrected chi connectivity index (χ2v) is 6.70. The number of carbonyl (C=O) groups excluding carboxylic acids is 1. The van der Waals surface area contributed by atoms with E-state index in [0.717, 1.165) is 36.2 Å². The molecule has 0 radical (unpaired) electrons. The van der Waals surface area contributed by atoms with Gasteiger partial charge in [-0.15, -0.1) is 0 Å². The molecule has 1 aliphatic heterocycles.